The molecule has 2 heterocycles. The fourth-order valence-electron chi connectivity index (χ4n) is 1.76. The van der Waals surface area contributed by atoms with Crippen LogP contribution in [0.3, 0.4) is 0 Å². The van der Waals surface area contributed by atoms with Crippen LogP contribution in [0, 0.1) is 6.92 Å². The molecule has 0 bridgehead atoms. The molecule has 2 aromatic heterocycles. The van der Waals surface area contributed by atoms with Gasteiger partial charge in [-0.15, -0.1) is 0 Å². The normalized spacial score (nSPS) is 15.2. The fourth-order valence-corrected chi connectivity index (χ4v) is 2.15. The third kappa shape index (κ3) is 1.98. The predicted octanol–water partition coefficient (Wildman–Crippen LogP) is 3.40. The summed E-state index contributed by atoms with van der Waals surface area (Å²) in [5.41, 5.74) is 1.77. The van der Waals surface area contributed by atoms with Gasteiger partial charge in [0.05, 0.1) is 22.7 Å². The molecule has 1 aliphatic carbocycles. The first kappa shape index (κ1) is 11.2. The molecule has 0 aliphatic heterocycles. The van der Waals surface area contributed by atoms with Crippen LogP contribution in [0.15, 0.2) is 17.0 Å². The van der Waals surface area contributed by atoms with Gasteiger partial charge in [-0.1, -0.05) is 11.6 Å². The zero-order valence-electron chi connectivity index (χ0n) is 9.19. The van der Waals surface area contributed by atoms with Gasteiger partial charge in [-0.05, 0) is 35.7 Å². The molecule has 1 saturated carbocycles. The van der Waals surface area contributed by atoms with Gasteiger partial charge < -0.3 is 4.57 Å². The Balaban J connectivity index is 2.11. The summed E-state index contributed by atoms with van der Waals surface area (Å²) in [7, 11) is 0. The summed E-state index contributed by atoms with van der Waals surface area (Å²) in [5.74, 6) is 0.639. The van der Waals surface area contributed by atoms with Gasteiger partial charge in [0.1, 0.15) is 10.8 Å². The van der Waals surface area contributed by atoms with E-state index in [0.717, 1.165) is 15.9 Å². The molecule has 0 aromatic carbocycles. The van der Waals surface area contributed by atoms with E-state index in [0.29, 0.717) is 17.0 Å². The Kier molecular flexibility index (Phi) is 2.67. The van der Waals surface area contributed by atoms with E-state index in [1.807, 2.05) is 13.3 Å². The molecule has 1 fully saturated rings. The molecule has 6 heteroatoms. The maximum Gasteiger partial charge on any atom is 0.179 e. The smallest absolute Gasteiger partial charge is 0.179 e. The molecule has 88 valence electrons. The van der Waals surface area contributed by atoms with Gasteiger partial charge >= 0.3 is 0 Å². The summed E-state index contributed by atoms with van der Waals surface area (Å²) in [4.78, 5) is 12.9. The second-order valence-corrected chi connectivity index (χ2v) is 5.31. The SMILES string of the molecule is Cc1nc(-c2cncn2C2CC2)nc(Cl)c1Br. The average molecular weight is 314 g/mol. The highest BCUT2D eigenvalue weighted by atomic mass is 79.9. The lowest BCUT2D eigenvalue weighted by atomic mass is 10.3. The van der Waals surface area contributed by atoms with Crippen LogP contribution in [0.5, 0.6) is 0 Å². The summed E-state index contributed by atoms with van der Waals surface area (Å²) >= 11 is 9.41. The van der Waals surface area contributed by atoms with E-state index in [1.165, 1.54) is 12.8 Å². The average Bonchev–Trinajstić information content (AvgIpc) is 3.03. The molecular formula is C11H10BrClN4. The van der Waals surface area contributed by atoms with Crippen LogP contribution in [0.2, 0.25) is 5.15 Å². The molecule has 2 aromatic rings. The first-order chi connectivity index (χ1) is 8.16. The Hall–Kier alpha value is -0.940. The van der Waals surface area contributed by atoms with Gasteiger partial charge in [0.25, 0.3) is 0 Å². The minimum atomic E-state index is 0.441. The Labute approximate surface area is 112 Å². The lowest BCUT2D eigenvalue weighted by molar-refractivity contribution is 0.742. The van der Waals surface area contributed by atoms with E-state index in [2.05, 4.69) is 35.4 Å². The monoisotopic (exact) mass is 312 g/mol. The topological polar surface area (TPSA) is 43.6 Å². The zero-order chi connectivity index (χ0) is 12.0. The lowest BCUT2D eigenvalue weighted by Crippen LogP contribution is -2.00. The summed E-state index contributed by atoms with van der Waals surface area (Å²) < 4.78 is 2.87. The van der Waals surface area contributed by atoms with Crippen LogP contribution >= 0.6 is 27.5 Å². The lowest BCUT2D eigenvalue weighted by Gasteiger charge is -2.07. The number of imidazole rings is 1. The van der Waals surface area contributed by atoms with Crippen molar-refractivity contribution in [3.05, 3.63) is 27.8 Å². The van der Waals surface area contributed by atoms with E-state index < -0.39 is 0 Å². The van der Waals surface area contributed by atoms with Crippen molar-refractivity contribution < 1.29 is 0 Å². The molecule has 0 atom stereocenters. The van der Waals surface area contributed by atoms with Crippen molar-refractivity contribution in [2.75, 3.05) is 0 Å². The summed E-state index contributed by atoms with van der Waals surface area (Å²) in [6.07, 6.45) is 6.03. The fraction of sp³-hybridized carbons (Fsp3) is 0.364. The number of aryl methyl sites for hydroxylation is 1. The molecule has 0 spiro atoms. The number of nitrogens with zero attached hydrogens (tertiary/aromatic N) is 4. The Morgan fingerprint density at radius 2 is 2.18 bits per heavy atom. The van der Waals surface area contributed by atoms with Crippen molar-refractivity contribution in [3.63, 3.8) is 0 Å². The van der Waals surface area contributed by atoms with Crippen molar-refractivity contribution >= 4 is 27.5 Å². The van der Waals surface area contributed by atoms with Gasteiger partial charge in [0.15, 0.2) is 5.82 Å². The van der Waals surface area contributed by atoms with Crippen LogP contribution in [0.4, 0.5) is 0 Å². The minimum absolute atomic E-state index is 0.441. The minimum Gasteiger partial charge on any atom is -0.325 e. The standard InChI is InChI=1S/C11H10BrClN4/c1-6-9(12)10(13)16-11(15-6)8-4-14-5-17(8)7-2-3-7/h4-5,7H,2-3H2,1H3. The van der Waals surface area contributed by atoms with E-state index in [-0.39, 0.29) is 0 Å². The number of hydrogen-bond donors (Lipinski definition) is 0. The maximum absolute atomic E-state index is 6.06. The van der Waals surface area contributed by atoms with Crippen LogP contribution in [-0.4, -0.2) is 19.5 Å². The number of rotatable bonds is 2. The largest absolute Gasteiger partial charge is 0.325 e. The predicted molar refractivity (Wildman–Crippen MR) is 69.0 cm³/mol. The molecular weight excluding hydrogens is 304 g/mol. The zero-order valence-corrected chi connectivity index (χ0v) is 11.5. The van der Waals surface area contributed by atoms with E-state index >= 15 is 0 Å². The van der Waals surface area contributed by atoms with Crippen LogP contribution in [0.25, 0.3) is 11.5 Å². The van der Waals surface area contributed by atoms with Gasteiger partial charge in [-0.25, -0.2) is 15.0 Å². The van der Waals surface area contributed by atoms with Crippen molar-refractivity contribution in [1.29, 1.82) is 0 Å². The molecule has 0 unspecified atom stereocenters. The van der Waals surface area contributed by atoms with Crippen LogP contribution < -0.4 is 0 Å². The van der Waals surface area contributed by atoms with Gasteiger partial charge in [-0.2, -0.15) is 0 Å². The second kappa shape index (κ2) is 4.07. The first-order valence-corrected chi connectivity index (χ1v) is 6.55. The van der Waals surface area contributed by atoms with E-state index in [4.69, 9.17) is 11.6 Å². The number of aromatic nitrogens is 4. The second-order valence-electron chi connectivity index (χ2n) is 4.15. The molecule has 4 nitrogen and oxygen atoms in total. The van der Waals surface area contributed by atoms with Crippen LogP contribution in [0.1, 0.15) is 24.6 Å². The quantitative estimate of drug-likeness (QED) is 0.798. The van der Waals surface area contributed by atoms with E-state index in [1.54, 1.807) is 6.20 Å². The maximum atomic E-state index is 6.06. The molecule has 1 aliphatic rings. The van der Waals surface area contributed by atoms with Crippen LogP contribution in [-0.2, 0) is 0 Å². The third-order valence-corrected chi connectivity index (χ3v) is 4.26. The molecule has 3 rings (SSSR count). The Morgan fingerprint density at radius 1 is 1.41 bits per heavy atom. The summed E-state index contributed by atoms with van der Waals surface area (Å²) in [6, 6.07) is 0.554. The van der Waals surface area contributed by atoms with Crippen molar-refractivity contribution in [3.8, 4) is 11.5 Å². The number of hydrogen-bond acceptors (Lipinski definition) is 3. The molecule has 0 radical (unpaired) electrons. The Bertz CT molecular complexity index is 554. The van der Waals surface area contributed by atoms with Gasteiger partial charge in [0.2, 0.25) is 0 Å². The molecule has 0 N–H and O–H groups in total. The van der Waals surface area contributed by atoms with Crippen molar-refractivity contribution in [2.24, 2.45) is 0 Å². The highest BCUT2D eigenvalue weighted by Crippen LogP contribution is 2.38. The van der Waals surface area contributed by atoms with Crippen molar-refractivity contribution in [2.45, 2.75) is 25.8 Å². The first-order valence-electron chi connectivity index (χ1n) is 5.38. The molecule has 17 heavy (non-hydrogen) atoms. The highest BCUT2D eigenvalue weighted by Gasteiger charge is 2.26. The third-order valence-electron chi connectivity index (χ3n) is 2.81. The molecule has 0 saturated heterocycles. The van der Waals surface area contributed by atoms with Gasteiger partial charge in [-0.3, -0.25) is 0 Å². The summed E-state index contributed by atoms with van der Waals surface area (Å²) in [5, 5.41) is 0.441. The van der Waals surface area contributed by atoms with Crippen molar-refractivity contribution in [1.82, 2.24) is 19.5 Å². The highest BCUT2D eigenvalue weighted by molar-refractivity contribution is 9.10. The van der Waals surface area contributed by atoms with E-state index in [9.17, 15) is 0 Å². The molecule has 0 amide bonds. The van der Waals surface area contributed by atoms with Gasteiger partial charge in [0, 0.05) is 6.04 Å². The summed E-state index contributed by atoms with van der Waals surface area (Å²) in [6.45, 7) is 1.90. The number of halogens is 2. The Morgan fingerprint density at radius 3 is 2.82 bits per heavy atom.